The van der Waals surface area contributed by atoms with Crippen LogP contribution < -0.4 is 4.57 Å². The van der Waals surface area contributed by atoms with Crippen LogP contribution in [0.4, 0.5) is 0 Å². The summed E-state index contributed by atoms with van der Waals surface area (Å²) in [6.07, 6.45) is 0. The van der Waals surface area contributed by atoms with E-state index >= 15 is 0 Å². The standard InChI is InChI=1S/C28H26NO2/c1-4-31-28(30)27-19-24(22-14-10-20(2)11-15-22)18-26(23-8-6-5-7-9-23)29(27)25-16-12-21(3)13-17-25/h5-19H,4H2,1-3H3/q+1. The molecular weight excluding hydrogens is 382 g/mol. The first-order valence-electron chi connectivity index (χ1n) is 10.5. The average molecular weight is 409 g/mol. The van der Waals surface area contributed by atoms with Crippen LogP contribution in [0.25, 0.3) is 28.1 Å². The molecule has 0 radical (unpaired) electrons. The van der Waals surface area contributed by atoms with Crippen LogP contribution >= 0.6 is 0 Å². The minimum Gasteiger partial charge on any atom is -0.458 e. The monoisotopic (exact) mass is 408 g/mol. The molecule has 0 amide bonds. The van der Waals surface area contributed by atoms with Crippen molar-refractivity contribution in [2.75, 3.05) is 6.61 Å². The van der Waals surface area contributed by atoms with Gasteiger partial charge in [0, 0.05) is 29.8 Å². The highest BCUT2D eigenvalue weighted by molar-refractivity contribution is 5.88. The van der Waals surface area contributed by atoms with Crippen molar-refractivity contribution in [3.05, 3.63) is 108 Å². The number of rotatable bonds is 5. The van der Waals surface area contributed by atoms with Gasteiger partial charge in [-0.15, -0.1) is 4.57 Å². The summed E-state index contributed by atoms with van der Waals surface area (Å²) in [5.41, 5.74) is 7.79. The molecule has 1 aromatic heterocycles. The van der Waals surface area contributed by atoms with Crippen molar-refractivity contribution in [3.63, 3.8) is 0 Å². The fraction of sp³-hybridized carbons (Fsp3) is 0.143. The summed E-state index contributed by atoms with van der Waals surface area (Å²) in [6.45, 7) is 6.27. The number of benzene rings is 3. The zero-order valence-electron chi connectivity index (χ0n) is 18.1. The summed E-state index contributed by atoms with van der Waals surface area (Å²) in [7, 11) is 0. The van der Waals surface area contributed by atoms with E-state index in [9.17, 15) is 4.79 Å². The minimum absolute atomic E-state index is 0.322. The van der Waals surface area contributed by atoms with Crippen LogP contribution in [0.3, 0.4) is 0 Å². The van der Waals surface area contributed by atoms with E-state index in [4.69, 9.17) is 4.74 Å². The van der Waals surface area contributed by atoms with E-state index in [-0.39, 0.29) is 5.97 Å². The Morgan fingerprint density at radius 2 is 1.35 bits per heavy atom. The van der Waals surface area contributed by atoms with Crippen molar-refractivity contribution in [1.29, 1.82) is 0 Å². The smallest absolute Gasteiger partial charge is 0.404 e. The van der Waals surface area contributed by atoms with E-state index in [2.05, 4.69) is 68.4 Å². The van der Waals surface area contributed by atoms with Gasteiger partial charge >= 0.3 is 5.97 Å². The normalized spacial score (nSPS) is 10.7. The van der Waals surface area contributed by atoms with Gasteiger partial charge in [0.1, 0.15) is 0 Å². The lowest BCUT2D eigenvalue weighted by molar-refractivity contribution is -0.587. The maximum atomic E-state index is 13.1. The Kier molecular flexibility index (Phi) is 5.94. The van der Waals surface area contributed by atoms with Crippen LogP contribution in [-0.4, -0.2) is 12.6 Å². The molecule has 0 spiro atoms. The Morgan fingerprint density at radius 1 is 0.742 bits per heavy atom. The third-order valence-electron chi connectivity index (χ3n) is 5.30. The van der Waals surface area contributed by atoms with Crippen LogP contribution in [0.2, 0.25) is 0 Å². The Balaban J connectivity index is 2.04. The Bertz CT molecular complexity index is 1190. The molecule has 154 valence electrons. The molecule has 0 aliphatic rings. The summed E-state index contributed by atoms with van der Waals surface area (Å²) < 4.78 is 7.45. The van der Waals surface area contributed by atoms with Gasteiger partial charge in [0.15, 0.2) is 0 Å². The third-order valence-corrected chi connectivity index (χ3v) is 5.30. The zero-order valence-corrected chi connectivity index (χ0v) is 18.1. The Labute approximate surface area is 183 Å². The fourth-order valence-electron chi connectivity index (χ4n) is 3.66. The molecule has 0 aliphatic carbocycles. The summed E-state index contributed by atoms with van der Waals surface area (Å²) in [5, 5.41) is 0. The van der Waals surface area contributed by atoms with Crippen LogP contribution in [0.1, 0.15) is 28.5 Å². The number of carbonyl (C=O) groups is 1. The van der Waals surface area contributed by atoms with Crippen molar-refractivity contribution >= 4 is 5.97 Å². The van der Waals surface area contributed by atoms with E-state index in [0.29, 0.717) is 12.3 Å². The second-order valence-corrected chi connectivity index (χ2v) is 7.64. The molecule has 0 fully saturated rings. The molecule has 0 N–H and O–H groups in total. The van der Waals surface area contributed by atoms with Gasteiger partial charge in [0.25, 0.3) is 5.69 Å². The van der Waals surface area contributed by atoms with Gasteiger partial charge in [0.05, 0.1) is 6.61 Å². The quantitative estimate of drug-likeness (QED) is 0.295. The maximum absolute atomic E-state index is 13.1. The third kappa shape index (κ3) is 4.41. The number of hydrogen-bond donors (Lipinski definition) is 0. The highest BCUT2D eigenvalue weighted by Gasteiger charge is 2.29. The molecule has 31 heavy (non-hydrogen) atoms. The van der Waals surface area contributed by atoms with Gasteiger partial charge in [-0.2, -0.15) is 0 Å². The average Bonchev–Trinajstić information content (AvgIpc) is 2.80. The molecule has 3 nitrogen and oxygen atoms in total. The molecule has 1 heterocycles. The predicted molar refractivity (Wildman–Crippen MR) is 124 cm³/mol. The first kappa shape index (κ1) is 20.5. The largest absolute Gasteiger partial charge is 0.458 e. The number of aromatic nitrogens is 1. The second-order valence-electron chi connectivity index (χ2n) is 7.64. The van der Waals surface area contributed by atoms with Crippen molar-refractivity contribution in [1.82, 2.24) is 0 Å². The molecule has 3 aromatic carbocycles. The first-order chi connectivity index (χ1) is 15.1. The van der Waals surface area contributed by atoms with E-state index in [0.717, 1.165) is 28.1 Å². The summed E-state index contributed by atoms with van der Waals surface area (Å²) in [5.74, 6) is -0.339. The molecule has 0 saturated heterocycles. The zero-order chi connectivity index (χ0) is 21.8. The van der Waals surface area contributed by atoms with Crippen LogP contribution in [0, 0.1) is 13.8 Å². The van der Waals surface area contributed by atoms with E-state index in [1.807, 2.05) is 47.9 Å². The number of hydrogen-bond acceptors (Lipinski definition) is 2. The lowest BCUT2D eigenvalue weighted by Gasteiger charge is -2.12. The second kappa shape index (κ2) is 8.97. The van der Waals surface area contributed by atoms with Crippen LogP contribution in [0.15, 0.2) is 91.0 Å². The fourth-order valence-corrected chi connectivity index (χ4v) is 3.66. The number of nitrogens with zero attached hydrogens (tertiary/aromatic N) is 1. The lowest BCUT2D eigenvalue weighted by atomic mass is 10.00. The molecule has 0 bridgehead atoms. The van der Waals surface area contributed by atoms with Crippen molar-refractivity contribution in [3.8, 4) is 28.1 Å². The van der Waals surface area contributed by atoms with E-state index in [1.165, 1.54) is 11.1 Å². The number of carbonyl (C=O) groups excluding carboxylic acids is 1. The number of aryl methyl sites for hydroxylation is 2. The van der Waals surface area contributed by atoms with Crippen LogP contribution in [-0.2, 0) is 4.74 Å². The van der Waals surface area contributed by atoms with Crippen molar-refractivity contribution in [2.45, 2.75) is 20.8 Å². The topological polar surface area (TPSA) is 30.2 Å². The maximum Gasteiger partial charge on any atom is 0.404 e. The summed E-state index contributed by atoms with van der Waals surface area (Å²) >= 11 is 0. The number of esters is 1. The number of pyridine rings is 1. The Morgan fingerprint density at radius 3 is 1.97 bits per heavy atom. The lowest BCUT2D eigenvalue weighted by Crippen LogP contribution is -2.41. The minimum atomic E-state index is -0.339. The van der Waals surface area contributed by atoms with Gasteiger partial charge in [-0.05, 0) is 44.0 Å². The van der Waals surface area contributed by atoms with Crippen molar-refractivity contribution < 1.29 is 14.1 Å². The molecule has 0 atom stereocenters. The van der Waals surface area contributed by atoms with E-state index < -0.39 is 0 Å². The first-order valence-corrected chi connectivity index (χ1v) is 10.5. The summed E-state index contributed by atoms with van der Waals surface area (Å²) in [6, 6.07) is 30.7. The van der Waals surface area contributed by atoms with Gasteiger partial charge in [-0.1, -0.05) is 65.7 Å². The van der Waals surface area contributed by atoms with Gasteiger partial charge < -0.3 is 4.74 Å². The molecule has 0 aliphatic heterocycles. The molecule has 0 unspecified atom stereocenters. The SMILES string of the molecule is CCOC(=O)c1cc(-c2ccc(C)cc2)cc(-c2ccccc2)[n+]1-c1ccc(C)cc1. The number of ether oxygens (including phenoxy) is 1. The highest BCUT2D eigenvalue weighted by Crippen LogP contribution is 2.27. The Hall–Kier alpha value is -3.72. The molecular formula is C28H26NO2+. The highest BCUT2D eigenvalue weighted by atomic mass is 16.5. The summed E-state index contributed by atoms with van der Waals surface area (Å²) in [4.78, 5) is 13.1. The van der Waals surface area contributed by atoms with Crippen LogP contribution in [0.5, 0.6) is 0 Å². The van der Waals surface area contributed by atoms with Gasteiger partial charge in [-0.25, -0.2) is 4.79 Å². The van der Waals surface area contributed by atoms with Crippen molar-refractivity contribution in [2.24, 2.45) is 0 Å². The van der Waals surface area contributed by atoms with Gasteiger partial charge in [0.2, 0.25) is 11.4 Å². The molecule has 3 heteroatoms. The van der Waals surface area contributed by atoms with Gasteiger partial charge in [-0.3, -0.25) is 0 Å². The molecule has 4 aromatic rings. The molecule has 0 saturated carbocycles. The van der Waals surface area contributed by atoms with E-state index in [1.54, 1.807) is 0 Å². The molecule has 4 rings (SSSR count). The predicted octanol–water partition coefficient (Wildman–Crippen LogP) is 6.09.